The minimum Gasteiger partial charge on any atom is -0.419 e. The molecule has 0 radical (unpaired) electrons. The summed E-state index contributed by atoms with van der Waals surface area (Å²) in [6.45, 7) is 5.76. The van der Waals surface area contributed by atoms with Crippen LogP contribution in [0.15, 0.2) is 28.9 Å². The molecule has 0 bridgehead atoms. The number of carbonyl (C=O) groups excluding carboxylic acids is 1. The third kappa shape index (κ3) is 4.47. The molecule has 2 atom stereocenters. The predicted octanol–water partition coefficient (Wildman–Crippen LogP) is 1.14. The number of likely N-dealkylation sites (tertiary alicyclic amines) is 1. The Hall–Kier alpha value is -2.36. The first-order valence-corrected chi connectivity index (χ1v) is 9.94. The number of aromatic nitrogens is 3. The second-order valence-electron chi connectivity index (χ2n) is 8.30. The molecule has 2 fully saturated rings. The molecule has 2 aliphatic rings. The maximum atomic E-state index is 11.4. The van der Waals surface area contributed by atoms with Crippen LogP contribution in [0.3, 0.4) is 0 Å². The van der Waals surface area contributed by atoms with Gasteiger partial charge in [-0.25, -0.2) is 0 Å². The number of nitrogens with zero attached hydrogens (tertiary/aromatic N) is 4. The van der Waals surface area contributed by atoms with Crippen LogP contribution in [0.5, 0.6) is 0 Å². The van der Waals surface area contributed by atoms with E-state index in [4.69, 9.17) is 9.15 Å². The molecule has 2 aliphatic heterocycles. The number of nitrogens with one attached hydrogen (secondary N) is 1. The van der Waals surface area contributed by atoms with Crippen molar-refractivity contribution in [3.63, 3.8) is 0 Å². The van der Waals surface area contributed by atoms with E-state index in [0.717, 1.165) is 31.5 Å². The Morgan fingerprint density at radius 1 is 1.38 bits per heavy atom. The molecule has 2 aromatic heterocycles. The standard InChI is InChI=1S/C20H27N5O4/c1-14(26)22-16-12-28-20(13-19(16,2)27)5-8-25(9-6-20)11-17-23-24-18(29-17)15-4-3-7-21-10-15/h3-4,7,10,16,27H,5-6,8-9,11-13H2,1-2H3,(H,22,26)/t16-,19-/m0/s1. The van der Waals surface area contributed by atoms with Gasteiger partial charge in [0, 0.05) is 38.8 Å². The van der Waals surface area contributed by atoms with E-state index in [1.54, 1.807) is 19.3 Å². The average molecular weight is 401 g/mol. The largest absolute Gasteiger partial charge is 0.419 e. The van der Waals surface area contributed by atoms with Gasteiger partial charge in [-0.05, 0) is 31.9 Å². The Kier molecular flexibility index (Phi) is 5.37. The number of piperidine rings is 1. The lowest BCUT2D eigenvalue weighted by Gasteiger charge is -2.51. The van der Waals surface area contributed by atoms with E-state index < -0.39 is 5.60 Å². The van der Waals surface area contributed by atoms with Crippen molar-refractivity contribution in [3.8, 4) is 11.5 Å². The molecule has 1 amide bonds. The van der Waals surface area contributed by atoms with Crippen LogP contribution in [0.2, 0.25) is 0 Å². The monoisotopic (exact) mass is 401 g/mol. The van der Waals surface area contributed by atoms with Gasteiger partial charge in [-0.2, -0.15) is 0 Å². The molecule has 2 N–H and O–H groups in total. The molecule has 0 aliphatic carbocycles. The van der Waals surface area contributed by atoms with E-state index in [1.165, 1.54) is 6.92 Å². The van der Waals surface area contributed by atoms with Crippen LogP contribution in [0, 0.1) is 0 Å². The second kappa shape index (κ2) is 7.81. The molecule has 2 saturated heterocycles. The van der Waals surface area contributed by atoms with Gasteiger partial charge in [0.1, 0.15) is 0 Å². The molecule has 1 spiro atoms. The van der Waals surface area contributed by atoms with Gasteiger partial charge in [0.2, 0.25) is 17.7 Å². The Balaban J connectivity index is 1.33. The van der Waals surface area contributed by atoms with Gasteiger partial charge in [0.15, 0.2) is 0 Å². The van der Waals surface area contributed by atoms with Crippen molar-refractivity contribution in [2.45, 2.75) is 56.9 Å². The third-order valence-electron chi connectivity index (χ3n) is 5.87. The van der Waals surface area contributed by atoms with Crippen LogP contribution in [-0.4, -0.2) is 68.0 Å². The smallest absolute Gasteiger partial charge is 0.249 e. The van der Waals surface area contributed by atoms with Crippen molar-refractivity contribution >= 4 is 5.91 Å². The lowest BCUT2D eigenvalue weighted by molar-refractivity contribution is -0.189. The fourth-order valence-electron chi connectivity index (χ4n) is 4.26. The summed E-state index contributed by atoms with van der Waals surface area (Å²) in [6, 6.07) is 3.34. The van der Waals surface area contributed by atoms with Crippen LogP contribution in [0.4, 0.5) is 0 Å². The summed E-state index contributed by atoms with van der Waals surface area (Å²) in [7, 11) is 0. The van der Waals surface area contributed by atoms with Gasteiger partial charge in [-0.3, -0.25) is 14.7 Å². The van der Waals surface area contributed by atoms with Gasteiger partial charge in [0.25, 0.3) is 0 Å². The number of ether oxygens (including phenoxy) is 1. The lowest BCUT2D eigenvalue weighted by atomic mass is 9.75. The van der Waals surface area contributed by atoms with Crippen molar-refractivity contribution in [2.24, 2.45) is 0 Å². The first kappa shape index (κ1) is 19.9. The van der Waals surface area contributed by atoms with Gasteiger partial charge in [0.05, 0.1) is 36.0 Å². The number of hydrogen-bond donors (Lipinski definition) is 2. The molecule has 9 nitrogen and oxygen atoms in total. The predicted molar refractivity (Wildman–Crippen MR) is 104 cm³/mol. The van der Waals surface area contributed by atoms with Crippen LogP contribution in [0.25, 0.3) is 11.5 Å². The normalized spacial score (nSPS) is 27.1. The van der Waals surface area contributed by atoms with Crippen molar-refractivity contribution in [1.29, 1.82) is 0 Å². The highest BCUT2D eigenvalue weighted by atomic mass is 16.5. The summed E-state index contributed by atoms with van der Waals surface area (Å²) in [5.41, 5.74) is -0.544. The van der Waals surface area contributed by atoms with E-state index >= 15 is 0 Å². The summed E-state index contributed by atoms with van der Waals surface area (Å²) in [5.74, 6) is 0.884. The summed E-state index contributed by atoms with van der Waals surface area (Å²) in [5, 5.41) is 21.9. The number of aliphatic hydroxyl groups is 1. The molecule has 156 valence electrons. The molecule has 0 saturated carbocycles. The summed E-state index contributed by atoms with van der Waals surface area (Å²) in [4.78, 5) is 17.7. The van der Waals surface area contributed by atoms with Crippen LogP contribution in [0.1, 0.15) is 39.0 Å². The SMILES string of the molecule is CC(=O)N[C@H]1COC2(CCN(Cc3nnc(-c4cccnc4)o3)CC2)C[C@]1(C)O. The molecular weight excluding hydrogens is 374 g/mol. The topological polar surface area (TPSA) is 114 Å². The maximum Gasteiger partial charge on any atom is 0.249 e. The van der Waals surface area contributed by atoms with E-state index in [1.807, 2.05) is 12.1 Å². The summed E-state index contributed by atoms with van der Waals surface area (Å²) < 4.78 is 11.9. The minimum absolute atomic E-state index is 0.158. The molecule has 29 heavy (non-hydrogen) atoms. The Morgan fingerprint density at radius 2 is 2.17 bits per heavy atom. The Labute approximate surface area is 169 Å². The number of pyridine rings is 1. The highest BCUT2D eigenvalue weighted by Gasteiger charge is 2.49. The third-order valence-corrected chi connectivity index (χ3v) is 5.87. The van der Waals surface area contributed by atoms with Crippen molar-refractivity contribution in [1.82, 2.24) is 25.4 Å². The lowest BCUT2D eigenvalue weighted by Crippen LogP contribution is -2.63. The van der Waals surface area contributed by atoms with Crippen LogP contribution in [-0.2, 0) is 16.1 Å². The van der Waals surface area contributed by atoms with Crippen molar-refractivity contribution in [2.75, 3.05) is 19.7 Å². The van der Waals surface area contributed by atoms with Gasteiger partial charge in [-0.15, -0.1) is 10.2 Å². The molecule has 4 heterocycles. The maximum absolute atomic E-state index is 11.4. The van der Waals surface area contributed by atoms with E-state index in [2.05, 4.69) is 25.4 Å². The Bertz CT molecular complexity index is 846. The first-order chi connectivity index (χ1) is 13.9. The quantitative estimate of drug-likeness (QED) is 0.784. The average Bonchev–Trinajstić information content (AvgIpc) is 3.15. The second-order valence-corrected chi connectivity index (χ2v) is 8.30. The highest BCUT2D eigenvalue weighted by Crippen LogP contribution is 2.39. The van der Waals surface area contributed by atoms with E-state index in [-0.39, 0.29) is 17.6 Å². The molecule has 0 aromatic carbocycles. The van der Waals surface area contributed by atoms with Crippen LogP contribution >= 0.6 is 0 Å². The number of amides is 1. The van der Waals surface area contributed by atoms with Crippen molar-refractivity contribution < 1.29 is 19.1 Å². The molecule has 0 unspecified atom stereocenters. The van der Waals surface area contributed by atoms with Gasteiger partial charge >= 0.3 is 0 Å². The van der Waals surface area contributed by atoms with Gasteiger partial charge in [-0.1, -0.05) is 0 Å². The first-order valence-electron chi connectivity index (χ1n) is 9.94. The van der Waals surface area contributed by atoms with Gasteiger partial charge < -0.3 is 19.6 Å². The fourth-order valence-corrected chi connectivity index (χ4v) is 4.26. The minimum atomic E-state index is -0.989. The van der Waals surface area contributed by atoms with Crippen LogP contribution < -0.4 is 5.32 Å². The van der Waals surface area contributed by atoms with E-state index in [9.17, 15) is 9.90 Å². The zero-order chi connectivity index (χ0) is 20.5. The zero-order valence-electron chi connectivity index (χ0n) is 16.8. The molecule has 2 aromatic rings. The molecular formula is C20H27N5O4. The highest BCUT2D eigenvalue weighted by molar-refractivity contribution is 5.73. The molecule has 4 rings (SSSR count). The number of rotatable bonds is 4. The number of hydrogen-bond acceptors (Lipinski definition) is 8. The fraction of sp³-hybridized carbons (Fsp3) is 0.600. The zero-order valence-corrected chi connectivity index (χ0v) is 16.8. The summed E-state index contributed by atoms with van der Waals surface area (Å²) >= 11 is 0. The number of carbonyl (C=O) groups is 1. The molecule has 9 heteroatoms. The Morgan fingerprint density at radius 3 is 2.83 bits per heavy atom. The van der Waals surface area contributed by atoms with Crippen molar-refractivity contribution in [3.05, 3.63) is 30.4 Å². The summed E-state index contributed by atoms with van der Waals surface area (Å²) in [6.07, 6.45) is 5.51. The van der Waals surface area contributed by atoms with E-state index in [0.29, 0.717) is 31.4 Å².